The molecule has 1 N–H and O–H groups in total. The van der Waals surface area contributed by atoms with Crippen LogP contribution >= 0.6 is 0 Å². The first-order valence-electron chi connectivity index (χ1n) is 6.43. The number of carbonyl (C=O) groups is 1. The zero-order chi connectivity index (χ0) is 13.0. The average molecular weight is 248 g/mol. The normalized spacial score (nSPS) is 23.4. The van der Waals surface area contributed by atoms with Crippen molar-refractivity contribution in [1.82, 2.24) is 14.9 Å². The highest BCUT2D eigenvalue weighted by Crippen LogP contribution is 2.24. The Labute approximate surface area is 108 Å². The molecular weight excluding hydrogens is 228 g/mol. The average Bonchev–Trinajstić information content (AvgIpc) is 2.40. The van der Waals surface area contributed by atoms with Gasteiger partial charge in [-0.15, -0.1) is 0 Å². The smallest absolute Gasteiger partial charge is 0.219 e. The Hall–Kier alpha value is -1.65. The third-order valence-electron chi connectivity index (χ3n) is 3.68. The molecule has 1 aromatic heterocycles. The summed E-state index contributed by atoms with van der Waals surface area (Å²) in [5.74, 6) is 1.04. The largest absolute Gasteiger partial charge is 0.367 e. The lowest BCUT2D eigenvalue weighted by molar-refractivity contribution is -0.130. The number of aromatic nitrogens is 2. The van der Waals surface area contributed by atoms with E-state index in [9.17, 15) is 4.79 Å². The summed E-state index contributed by atoms with van der Waals surface area (Å²) in [5, 5.41) is 3.41. The monoisotopic (exact) mass is 248 g/mol. The number of anilines is 1. The van der Waals surface area contributed by atoms with E-state index in [0.29, 0.717) is 12.1 Å². The Morgan fingerprint density at radius 3 is 2.67 bits per heavy atom. The van der Waals surface area contributed by atoms with Crippen LogP contribution in [0.4, 0.5) is 5.82 Å². The zero-order valence-corrected chi connectivity index (χ0v) is 11.0. The molecular formula is C13H20N4O. The SMILES string of the molecule is CC(=O)N(C)C1CCC(Nc2ccncn2)CC1. The van der Waals surface area contributed by atoms with Crippen molar-refractivity contribution < 1.29 is 4.79 Å². The maximum Gasteiger partial charge on any atom is 0.219 e. The fraction of sp³-hybridized carbons (Fsp3) is 0.615. The molecule has 98 valence electrons. The van der Waals surface area contributed by atoms with Crippen molar-refractivity contribution in [3.05, 3.63) is 18.6 Å². The minimum atomic E-state index is 0.155. The second-order valence-corrected chi connectivity index (χ2v) is 4.87. The van der Waals surface area contributed by atoms with E-state index in [1.807, 2.05) is 18.0 Å². The second-order valence-electron chi connectivity index (χ2n) is 4.87. The fourth-order valence-corrected chi connectivity index (χ4v) is 2.45. The van der Waals surface area contributed by atoms with E-state index in [4.69, 9.17) is 0 Å². The van der Waals surface area contributed by atoms with Gasteiger partial charge in [0.05, 0.1) is 0 Å². The number of nitrogens with zero attached hydrogens (tertiary/aromatic N) is 3. The van der Waals surface area contributed by atoms with Crippen LogP contribution in [0.2, 0.25) is 0 Å². The van der Waals surface area contributed by atoms with Gasteiger partial charge in [0.1, 0.15) is 12.1 Å². The highest BCUT2D eigenvalue weighted by atomic mass is 16.2. The lowest BCUT2D eigenvalue weighted by atomic mass is 9.90. The second kappa shape index (κ2) is 5.80. The van der Waals surface area contributed by atoms with Gasteiger partial charge in [-0.2, -0.15) is 0 Å². The first-order chi connectivity index (χ1) is 8.66. The van der Waals surface area contributed by atoms with Gasteiger partial charge < -0.3 is 10.2 Å². The minimum Gasteiger partial charge on any atom is -0.367 e. The highest BCUT2D eigenvalue weighted by Gasteiger charge is 2.25. The van der Waals surface area contributed by atoms with Crippen LogP contribution in [0.15, 0.2) is 18.6 Å². The number of hydrogen-bond acceptors (Lipinski definition) is 4. The summed E-state index contributed by atoms with van der Waals surface area (Å²) in [6.07, 6.45) is 7.55. The van der Waals surface area contributed by atoms with E-state index in [0.717, 1.165) is 31.5 Å². The molecule has 0 aliphatic heterocycles. The number of carbonyl (C=O) groups excluding carboxylic acids is 1. The Kier molecular flexibility index (Phi) is 4.12. The van der Waals surface area contributed by atoms with E-state index in [1.165, 1.54) is 0 Å². The number of amides is 1. The molecule has 2 rings (SSSR count). The van der Waals surface area contributed by atoms with Crippen molar-refractivity contribution in [3.63, 3.8) is 0 Å². The van der Waals surface area contributed by atoms with Gasteiger partial charge in [0.15, 0.2) is 0 Å². The molecule has 1 aliphatic carbocycles. The molecule has 0 spiro atoms. The maximum absolute atomic E-state index is 11.3. The molecule has 1 saturated carbocycles. The summed E-state index contributed by atoms with van der Waals surface area (Å²) in [5.41, 5.74) is 0. The van der Waals surface area contributed by atoms with Crippen molar-refractivity contribution in [2.45, 2.75) is 44.7 Å². The van der Waals surface area contributed by atoms with Gasteiger partial charge in [-0.25, -0.2) is 9.97 Å². The van der Waals surface area contributed by atoms with Gasteiger partial charge in [-0.05, 0) is 31.7 Å². The fourth-order valence-electron chi connectivity index (χ4n) is 2.45. The number of hydrogen-bond donors (Lipinski definition) is 1. The Bertz CT molecular complexity index is 387. The van der Waals surface area contributed by atoms with Gasteiger partial charge in [-0.3, -0.25) is 4.79 Å². The van der Waals surface area contributed by atoms with Crippen LogP contribution in [0.3, 0.4) is 0 Å². The van der Waals surface area contributed by atoms with Crippen LogP contribution in [0.1, 0.15) is 32.6 Å². The summed E-state index contributed by atoms with van der Waals surface area (Å²) < 4.78 is 0. The van der Waals surface area contributed by atoms with Crippen molar-refractivity contribution in [2.24, 2.45) is 0 Å². The van der Waals surface area contributed by atoms with Crippen LogP contribution < -0.4 is 5.32 Å². The number of nitrogens with one attached hydrogen (secondary N) is 1. The molecule has 1 heterocycles. The molecule has 0 unspecified atom stereocenters. The molecule has 0 bridgehead atoms. The van der Waals surface area contributed by atoms with Gasteiger partial charge in [0.25, 0.3) is 0 Å². The standard InChI is InChI=1S/C13H20N4O/c1-10(18)17(2)12-5-3-11(4-6-12)16-13-7-8-14-9-15-13/h7-9,11-12H,3-6H2,1-2H3,(H,14,15,16). The van der Waals surface area contributed by atoms with E-state index >= 15 is 0 Å². The predicted molar refractivity (Wildman–Crippen MR) is 70.1 cm³/mol. The minimum absolute atomic E-state index is 0.155. The molecule has 1 amide bonds. The van der Waals surface area contributed by atoms with E-state index in [-0.39, 0.29) is 5.91 Å². The van der Waals surface area contributed by atoms with Crippen LogP contribution in [-0.2, 0) is 4.79 Å². The molecule has 0 atom stereocenters. The highest BCUT2D eigenvalue weighted by molar-refractivity contribution is 5.73. The van der Waals surface area contributed by atoms with Crippen molar-refractivity contribution in [1.29, 1.82) is 0 Å². The summed E-state index contributed by atoms with van der Waals surface area (Å²) in [4.78, 5) is 21.2. The van der Waals surface area contributed by atoms with Crippen molar-refractivity contribution in [3.8, 4) is 0 Å². The van der Waals surface area contributed by atoms with Crippen LogP contribution in [0.25, 0.3) is 0 Å². The zero-order valence-electron chi connectivity index (χ0n) is 11.0. The van der Waals surface area contributed by atoms with Gasteiger partial charge in [0.2, 0.25) is 5.91 Å². The topological polar surface area (TPSA) is 58.1 Å². The molecule has 5 nitrogen and oxygen atoms in total. The van der Waals surface area contributed by atoms with E-state index in [1.54, 1.807) is 19.4 Å². The summed E-state index contributed by atoms with van der Waals surface area (Å²) in [6.45, 7) is 1.63. The van der Waals surface area contributed by atoms with Gasteiger partial charge in [-0.1, -0.05) is 0 Å². The Morgan fingerprint density at radius 2 is 2.11 bits per heavy atom. The molecule has 5 heteroatoms. The quantitative estimate of drug-likeness (QED) is 0.884. The molecule has 0 radical (unpaired) electrons. The third kappa shape index (κ3) is 3.18. The summed E-state index contributed by atoms with van der Waals surface area (Å²) in [7, 11) is 1.89. The summed E-state index contributed by atoms with van der Waals surface area (Å²) >= 11 is 0. The van der Waals surface area contributed by atoms with Crippen LogP contribution in [-0.4, -0.2) is 39.9 Å². The maximum atomic E-state index is 11.3. The predicted octanol–water partition coefficient (Wildman–Crippen LogP) is 1.68. The van der Waals surface area contributed by atoms with E-state index in [2.05, 4.69) is 15.3 Å². The van der Waals surface area contributed by atoms with Gasteiger partial charge in [0, 0.05) is 32.3 Å². The van der Waals surface area contributed by atoms with Gasteiger partial charge >= 0.3 is 0 Å². The molecule has 18 heavy (non-hydrogen) atoms. The Balaban J connectivity index is 1.82. The van der Waals surface area contributed by atoms with Crippen LogP contribution in [0, 0.1) is 0 Å². The van der Waals surface area contributed by atoms with Crippen molar-refractivity contribution in [2.75, 3.05) is 12.4 Å². The Morgan fingerprint density at radius 1 is 1.39 bits per heavy atom. The molecule has 1 fully saturated rings. The van der Waals surface area contributed by atoms with E-state index < -0.39 is 0 Å². The molecule has 1 aromatic rings. The first-order valence-corrected chi connectivity index (χ1v) is 6.43. The lowest BCUT2D eigenvalue weighted by Gasteiger charge is -2.34. The number of rotatable bonds is 3. The third-order valence-corrected chi connectivity index (χ3v) is 3.68. The molecule has 1 aliphatic rings. The first kappa shape index (κ1) is 12.8. The molecule has 0 saturated heterocycles. The van der Waals surface area contributed by atoms with Crippen molar-refractivity contribution >= 4 is 11.7 Å². The van der Waals surface area contributed by atoms with Crippen LogP contribution in [0.5, 0.6) is 0 Å². The lowest BCUT2D eigenvalue weighted by Crippen LogP contribution is -2.40. The summed E-state index contributed by atoms with van der Waals surface area (Å²) in [6, 6.07) is 2.73. The molecule has 0 aromatic carbocycles.